The summed E-state index contributed by atoms with van der Waals surface area (Å²) in [5, 5.41) is 4.31. The molecule has 0 aliphatic carbocycles. The first-order valence-corrected chi connectivity index (χ1v) is 7.49. The lowest BCUT2D eigenvalue weighted by Gasteiger charge is -1.98. The molecule has 0 N–H and O–H groups in total. The summed E-state index contributed by atoms with van der Waals surface area (Å²) in [7, 11) is 0. The van der Waals surface area contributed by atoms with Gasteiger partial charge >= 0.3 is 5.63 Å². The van der Waals surface area contributed by atoms with Gasteiger partial charge in [-0.2, -0.15) is 0 Å². The van der Waals surface area contributed by atoms with Crippen molar-refractivity contribution >= 4 is 43.7 Å². The Morgan fingerprint density at radius 2 is 1.57 bits per heavy atom. The van der Waals surface area contributed by atoms with Gasteiger partial charge in [-0.25, -0.2) is 4.79 Å². The molecule has 23 heavy (non-hydrogen) atoms. The first-order chi connectivity index (χ1) is 11.2. The van der Waals surface area contributed by atoms with E-state index in [0.29, 0.717) is 22.1 Å². The lowest BCUT2D eigenvalue weighted by Crippen LogP contribution is -1.98. The van der Waals surface area contributed by atoms with Crippen LogP contribution in [0.25, 0.3) is 43.7 Å². The Labute approximate surface area is 130 Å². The molecule has 0 atom stereocenters. The molecule has 0 fully saturated rings. The minimum atomic E-state index is -0.356. The van der Waals surface area contributed by atoms with E-state index in [1.807, 2.05) is 61.5 Å². The van der Waals surface area contributed by atoms with Crippen LogP contribution in [0, 0.1) is 6.92 Å². The van der Waals surface area contributed by atoms with Crippen molar-refractivity contribution in [2.24, 2.45) is 0 Å². The maximum atomic E-state index is 12.5. The number of benzene rings is 3. The predicted molar refractivity (Wildman–Crippen MR) is 92.0 cm³/mol. The number of hydrogen-bond donors (Lipinski definition) is 0. The number of aryl methyl sites for hydroxylation is 1. The summed E-state index contributed by atoms with van der Waals surface area (Å²) in [6.45, 7) is 2.01. The normalized spacial score (nSPS) is 11.9. The highest BCUT2D eigenvalue weighted by atomic mass is 16.4. The second-order valence-electron chi connectivity index (χ2n) is 5.89. The van der Waals surface area contributed by atoms with Crippen LogP contribution in [-0.2, 0) is 0 Å². The molecule has 0 aliphatic heterocycles. The first kappa shape index (κ1) is 12.5. The van der Waals surface area contributed by atoms with Gasteiger partial charge in [-0.3, -0.25) is 0 Å². The molecule has 0 spiro atoms. The fourth-order valence-electron chi connectivity index (χ4n) is 3.24. The molecule has 3 aromatic carbocycles. The summed E-state index contributed by atoms with van der Waals surface area (Å²) in [4.78, 5) is 12.5. The van der Waals surface area contributed by atoms with Gasteiger partial charge < -0.3 is 8.83 Å². The van der Waals surface area contributed by atoms with Crippen LogP contribution in [0.4, 0.5) is 0 Å². The Morgan fingerprint density at radius 3 is 2.39 bits per heavy atom. The average Bonchev–Trinajstić information content (AvgIpc) is 2.92. The zero-order chi connectivity index (χ0) is 15.6. The van der Waals surface area contributed by atoms with Crippen LogP contribution < -0.4 is 5.63 Å². The van der Waals surface area contributed by atoms with Gasteiger partial charge in [0.1, 0.15) is 16.6 Å². The maximum absolute atomic E-state index is 12.5. The molecular formula is C20H12O3. The molecule has 0 saturated heterocycles. The predicted octanol–water partition coefficient (Wildman–Crippen LogP) is 5.15. The standard InChI is InChI=1S/C20H12O3/c1-11-6-7-16-15(8-11)19-18(20(21)23-16)14-9-12-4-2-3-5-13(12)10-17(14)22-19/h2-10H,1H3. The van der Waals surface area contributed by atoms with E-state index < -0.39 is 0 Å². The van der Waals surface area contributed by atoms with Crippen LogP contribution in [0.15, 0.2) is 68.2 Å². The van der Waals surface area contributed by atoms with Crippen LogP contribution in [0.3, 0.4) is 0 Å². The third-order valence-electron chi connectivity index (χ3n) is 4.34. The summed E-state index contributed by atoms with van der Waals surface area (Å²) in [5.74, 6) is 0. The van der Waals surface area contributed by atoms with Crippen molar-refractivity contribution in [3.8, 4) is 0 Å². The van der Waals surface area contributed by atoms with Crippen molar-refractivity contribution in [2.45, 2.75) is 6.92 Å². The van der Waals surface area contributed by atoms with Crippen LogP contribution in [0.2, 0.25) is 0 Å². The summed E-state index contributed by atoms with van der Waals surface area (Å²) in [6, 6.07) is 17.7. The van der Waals surface area contributed by atoms with E-state index in [4.69, 9.17) is 8.83 Å². The SMILES string of the molecule is Cc1ccc2oc(=O)c3c4cc5ccccc5cc4oc3c2c1. The molecular weight excluding hydrogens is 288 g/mol. The molecule has 3 nitrogen and oxygen atoms in total. The van der Waals surface area contributed by atoms with Gasteiger partial charge in [-0.15, -0.1) is 0 Å². The molecule has 110 valence electrons. The lowest BCUT2D eigenvalue weighted by atomic mass is 10.1. The third-order valence-corrected chi connectivity index (χ3v) is 4.34. The molecule has 2 aromatic heterocycles. The van der Waals surface area contributed by atoms with E-state index in [0.717, 1.165) is 27.1 Å². The van der Waals surface area contributed by atoms with E-state index in [1.165, 1.54) is 0 Å². The van der Waals surface area contributed by atoms with Gasteiger partial charge in [-0.1, -0.05) is 35.9 Å². The zero-order valence-corrected chi connectivity index (χ0v) is 12.4. The van der Waals surface area contributed by atoms with Gasteiger partial charge in [0.25, 0.3) is 0 Å². The van der Waals surface area contributed by atoms with Crippen LogP contribution in [-0.4, -0.2) is 0 Å². The molecule has 2 heterocycles. The smallest absolute Gasteiger partial charge is 0.348 e. The Balaban J connectivity index is 2.08. The highest BCUT2D eigenvalue weighted by Gasteiger charge is 2.16. The molecule has 5 rings (SSSR count). The van der Waals surface area contributed by atoms with Gasteiger partial charge in [0.2, 0.25) is 0 Å². The van der Waals surface area contributed by atoms with E-state index in [1.54, 1.807) is 0 Å². The molecule has 0 amide bonds. The van der Waals surface area contributed by atoms with Crippen molar-refractivity contribution in [1.82, 2.24) is 0 Å². The minimum absolute atomic E-state index is 0.356. The second-order valence-corrected chi connectivity index (χ2v) is 5.89. The summed E-state index contributed by atoms with van der Waals surface area (Å²) >= 11 is 0. The van der Waals surface area contributed by atoms with E-state index >= 15 is 0 Å². The second kappa shape index (κ2) is 4.23. The molecule has 0 aliphatic rings. The first-order valence-electron chi connectivity index (χ1n) is 7.49. The molecule has 0 bridgehead atoms. The van der Waals surface area contributed by atoms with Crippen molar-refractivity contribution < 1.29 is 8.83 Å². The van der Waals surface area contributed by atoms with Gasteiger partial charge in [0.05, 0.1) is 5.39 Å². The van der Waals surface area contributed by atoms with E-state index in [9.17, 15) is 4.79 Å². The zero-order valence-electron chi connectivity index (χ0n) is 12.4. The molecule has 0 saturated carbocycles. The third kappa shape index (κ3) is 1.67. The number of furan rings is 1. The Morgan fingerprint density at radius 1 is 0.783 bits per heavy atom. The molecule has 5 aromatic rings. The maximum Gasteiger partial charge on any atom is 0.348 e. The van der Waals surface area contributed by atoms with Crippen LogP contribution in [0.1, 0.15) is 5.56 Å². The van der Waals surface area contributed by atoms with Crippen LogP contribution in [0.5, 0.6) is 0 Å². The van der Waals surface area contributed by atoms with Crippen molar-refractivity contribution in [3.05, 3.63) is 70.6 Å². The van der Waals surface area contributed by atoms with Crippen molar-refractivity contribution in [2.75, 3.05) is 0 Å². The van der Waals surface area contributed by atoms with Crippen molar-refractivity contribution in [3.63, 3.8) is 0 Å². The molecule has 0 radical (unpaired) electrons. The number of rotatable bonds is 0. The largest absolute Gasteiger partial charge is 0.455 e. The fourth-order valence-corrected chi connectivity index (χ4v) is 3.24. The molecule has 0 unspecified atom stereocenters. The summed E-state index contributed by atoms with van der Waals surface area (Å²) in [6.07, 6.45) is 0. The van der Waals surface area contributed by atoms with Gasteiger partial charge in [0.15, 0.2) is 5.58 Å². The summed E-state index contributed by atoms with van der Waals surface area (Å²) < 4.78 is 11.5. The fraction of sp³-hybridized carbons (Fsp3) is 0.0500. The Bertz CT molecular complexity index is 1290. The van der Waals surface area contributed by atoms with Crippen molar-refractivity contribution in [1.29, 1.82) is 0 Å². The highest BCUT2D eigenvalue weighted by molar-refractivity contribution is 6.15. The average molecular weight is 300 g/mol. The van der Waals surface area contributed by atoms with E-state index in [-0.39, 0.29) is 5.63 Å². The van der Waals surface area contributed by atoms with E-state index in [2.05, 4.69) is 0 Å². The lowest BCUT2D eigenvalue weighted by molar-refractivity contribution is 0.567. The summed E-state index contributed by atoms with van der Waals surface area (Å²) in [5.41, 5.74) is 2.60. The number of hydrogen-bond acceptors (Lipinski definition) is 3. The van der Waals surface area contributed by atoms with Gasteiger partial charge in [0, 0.05) is 5.39 Å². The highest BCUT2D eigenvalue weighted by Crippen LogP contribution is 2.34. The monoisotopic (exact) mass is 300 g/mol. The van der Waals surface area contributed by atoms with Crippen LogP contribution >= 0.6 is 0 Å². The minimum Gasteiger partial charge on any atom is -0.455 e. The Hall–Kier alpha value is -3.07. The quantitative estimate of drug-likeness (QED) is 0.371. The Kier molecular flexibility index (Phi) is 2.29. The molecule has 3 heteroatoms. The number of fused-ring (bicyclic) bond motifs is 6. The topological polar surface area (TPSA) is 43.4 Å². The van der Waals surface area contributed by atoms with Gasteiger partial charge in [-0.05, 0) is 42.0 Å².